The fourth-order valence-electron chi connectivity index (χ4n) is 3.26. The maximum Gasteiger partial charge on any atom is 0.331 e. The van der Waals surface area contributed by atoms with E-state index in [0.717, 1.165) is 23.8 Å². The third-order valence-electron chi connectivity index (χ3n) is 4.83. The second-order valence-corrected chi connectivity index (χ2v) is 7.09. The number of hydrogen-bond acceptors (Lipinski definition) is 4. The zero-order valence-corrected chi connectivity index (χ0v) is 14.9. The van der Waals surface area contributed by atoms with E-state index >= 15 is 0 Å². The zero-order valence-electron chi connectivity index (χ0n) is 14.9. The van der Waals surface area contributed by atoms with Gasteiger partial charge >= 0.3 is 5.69 Å². The van der Waals surface area contributed by atoms with Crippen LogP contribution < -0.4 is 11.2 Å². The van der Waals surface area contributed by atoms with Gasteiger partial charge in [-0.15, -0.1) is 0 Å². The molecule has 1 fully saturated rings. The van der Waals surface area contributed by atoms with Crippen LogP contribution in [0.1, 0.15) is 43.6 Å². The van der Waals surface area contributed by atoms with Crippen LogP contribution in [0.3, 0.4) is 0 Å². The molecule has 0 radical (unpaired) electrons. The summed E-state index contributed by atoms with van der Waals surface area (Å²) in [4.78, 5) is 38.1. The van der Waals surface area contributed by atoms with Gasteiger partial charge in [-0.3, -0.25) is 18.7 Å². The predicted molar refractivity (Wildman–Crippen MR) is 91.0 cm³/mol. The van der Waals surface area contributed by atoms with Crippen LogP contribution in [0, 0.1) is 11.8 Å². The van der Waals surface area contributed by atoms with Crippen molar-refractivity contribution >= 4 is 5.91 Å². The molecule has 0 spiro atoms. The molecule has 1 saturated heterocycles. The maximum atomic E-state index is 12.6. The largest absolute Gasteiger partial charge is 0.393 e. The number of amides is 1. The Morgan fingerprint density at radius 3 is 2.33 bits per heavy atom. The second-order valence-electron chi connectivity index (χ2n) is 7.09. The Labute approximate surface area is 141 Å². The highest BCUT2D eigenvalue weighted by Gasteiger charge is 2.29. The van der Waals surface area contributed by atoms with Crippen LogP contribution in [-0.2, 0) is 14.1 Å². The molecule has 7 nitrogen and oxygen atoms in total. The summed E-state index contributed by atoms with van der Waals surface area (Å²) in [7, 11) is 2.88. The Bertz CT molecular complexity index is 712. The molecule has 24 heavy (non-hydrogen) atoms. The molecule has 2 heterocycles. The fourth-order valence-corrected chi connectivity index (χ4v) is 3.26. The first kappa shape index (κ1) is 18.4. The van der Waals surface area contributed by atoms with E-state index in [1.165, 1.54) is 24.7 Å². The lowest BCUT2D eigenvalue weighted by Crippen LogP contribution is -2.45. The Hall–Kier alpha value is -1.89. The summed E-state index contributed by atoms with van der Waals surface area (Å²) in [5, 5.41) is 10.2. The average molecular weight is 337 g/mol. The molecule has 0 aromatic carbocycles. The van der Waals surface area contributed by atoms with Gasteiger partial charge in [-0.1, -0.05) is 13.8 Å². The first-order valence-electron chi connectivity index (χ1n) is 8.46. The quantitative estimate of drug-likeness (QED) is 0.859. The number of likely N-dealkylation sites (tertiary alicyclic amines) is 1. The fraction of sp³-hybridized carbons (Fsp3) is 0.706. The molecule has 0 aliphatic carbocycles. The van der Waals surface area contributed by atoms with Gasteiger partial charge in [0.2, 0.25) is 0 Å². The van der Waals surface area contributed by atoms with Crippen molar-refractivity contribution < 1.29 is 9.90 Å². The van der Waals surface area contributed by atoms with Crippen molar-refractivity contribution in [3.8, 4) is 0 Å². The van der Waals surface area contributed by atoms with Crippen LogP contribution in [0.4, 0.5) is 0 Å². The lowest BCUT2D eigenvalue weighted by atomic mass is 9.87. The number of aliphatic hydroxyl groups is 1. The molecule has 1 aromatic heterocycles. The van der Waals surface area contributed by atoms with Crippen molar-refractivity contribution in [1.29, 1.82) is 0 Å². The number of carbonyl (C=O) groups excluding carboxylic acids is 1. The van der Waals surface area contributed by atoms with Crippen molar-refractivity contribution in [2.75, 3.05) is 13.1 Å². The van der Waals surface area contributed by atoms with Crippen molar-refractivity contribution in [3.63, 3.8) is 0 Å². The average Bonchev–Trinajstić information content (AvgIpc) is 2.55. The highest BCUT2D eigenvalue weighted by Crippen LogP contribution is 2.25. The minimum atomic E-state index is -0.506. The number of nitrogens with zero attached hydrogens (tertiary/aromatic N) is 3. The van der Waals surface area contributed by atoms with E-state index in [1.807, 2.05) is 0 Å². The van der Waals surface area contributed by atoms with Crippen LogP contribution in [0.5, 0.6) is 0 Å². The molecular formula is C17H27N3O4. The number of rotatable bonds is 4. The van der Waals surface area contributed by atoms with Crippen LogP contribution >= 0.6 is 0 Å². The molecule has 134 valence electrons. The molecule has 1 amide bonds. The highest BCUT2D eigenvalue weighted by molar-refractivity contribution is 5.92. The van der Waals surface area contributed by atoms with Gasteiger partial charge in [-0.05, 0) is 31.1 Å². The molecule has 1 N–H and O–H groups in total. The number of piperidine rings is 1. The summed E-state index contributed by atoms with van der Waals surface area (Å²) in [5.74, 6) is 0.336. The van der Waals surface area contributed by atoms with E-state index in [0.29, 0.717) is 19.0 Å². The second kappa shape index (κ2) is 7.34. The first-order chi connectivity index (χ1) is 11.2. The smallest absolute Gasteiger partial charge is 0.331 e. The maximum absolute atomic E-state index is 12.6. The minimum absolute atomic E-state index is 0.115. The molecule has 0 unspecified atom stereocenters. The third-order valence-corrected chi connectivity index (χ3v) is 4.83. The summed E-state index contributed by atoms with van der Waals surface area (Å²) < 4.78 is 2.19. The summed E-state index contributed by atoms with van der Waals surface area (Å²) in [6.07, 6.45) is 1.90. The minimum Gasteiger partial charge on any atom is -0.393 e. The van der Waals surface area contributed by atoms with E-state index < -0.39 is 11.2 Å². The summed E-state index contributed by atoms with van der Waals surface area (Å²) >= 11 is 0. The van der Waals surface area contributed by atoms with E-state index in [9.17, 15) is 19.5 Å². The molecule has 1 aliphatic rings. The number of aliphatic hydroxyl groups excluding tert-OH is 1. The Morgan fingerprint density at radius 2 is 1.79 bits per heavy atom. The Kier molecular flexibility index (Phi) is 5.64. The van der Waals surface area contributed by atoms with Gasteiger partial charge in [-0.25, -0.2) is 4.79 Å². The molecule has 0 bridgehead atoms. The monoisotopic (exact) mass is 337 g/mol. The normalized spacial score (nSPS) is 17.3. The molecule has 1 aromatic rings. The van der Waals surface area contributed by atoms with E-state index in [1.54, 1.807) is 4.90 Å². The molecule has 1 aliphatic heterocycles. The number of aromatic nitrogens is 2. The molecule has 2 rings (SSSR count). The summed E-state index contributed by atoms with van der Waals surface area (Å²) in [6.45, 7) is 5.22. The molecule has 0 saturated carbocycles. The Morgan fingerprint density at radius 1 is 1.21 bits per heavy atom. The molecular weight excluding hydrogens is 310 g/mol. The SMILES string of the molecule is CC(C)C[C@@H](O)C1CCN(C(=O)c2cc(=O)n(C)c(=O)n2C)CC1. The van der Waals surface area contributed by atoms with Gasteiger partial charge in [0.05, 0.1) is 6.10 Å². The predicted octanol–water partition coefficient (Wildman–Crippen LogP) is 0.343. The van der Waals surface area contributed by atoms with Gasteiger partial charge in [0.15, 0.2) is 0 Å². The van der Waals surface area contributed by atoms with Crippen molar-refractivity contribution in [2.24, 2.45) is 25.9 Å². The van der Waals surface area contributed by atoms with Gasteiger partial charge in [0, 0.05) is 33.3 Å². The summed E-state index contributed by atoms with van der Waals surface area (Å²) in [6, 6.07) is 1.21. The first-order valence-corrected chi connectivity index (χ1v) is 8.46. The zero-order chi connectivity index (χ0) is 18.0. The van der Waals surface area contributed by atoms with Crippen LogP contribution in [-0.4, -0.2) is 44.2 Å². The van der Waals surface area contributed by atoms with Crippen LogP contribution in [0.2, 0.25) is 0 Å². The van der Waals surface area contributed by atoms with Gasteiger partial charge < -0.3 is 10.0 Å². The third kappa shape index (κ3) is 3.77. The van der Waals surface area contributed by atoms with Crippen molar-refractivity contribution in [2.45, 2.75) is 39.2 Å². The van der Waals surface area contributed by atoms with E-state index in [4.69, 9.17) is 0 Å². The van der Waals surface area contributed by atoms with Crippen molar-refractivity contribution in [1.82, 2.24) is 14.0 Å². The lowest BCUT2D eigenvalue weighted by molar-refractivity contribution is 0.0379. The Balaban J connectivity index is 2.09. The lowest BCUT2D eigenvalue weighted by Gasteiger charge is -2.35. The molecule has 1 atom stereocenters. The highest BCUT2D eigenvalue weighted by atomic mass is 16.3. The van der Waals surface area contributed by atoms with E-state index in [2.05, 4.69) is 13.8 Å². The van der Waals surface area contributed by atoms with Crippen molar-refractivity contribution in [3.05, 3.63) is 32.6 Å². The van der Waals surface area contributed by atoms with Gasteiger partial charge in [-0.2, -0.15) is 0 Å². The standard InChI is InChI=1S/C17H27N3O4/c1-11(2)9-14(21)12-5-7-20(8-6-12)16(23)13-10-15(22)19(4)17(24)18(13)3/h10-12,14,21H,5-9H2,1-4H3/t14-/m1/s1. The van der Waals surface area contributed by atoms with Crippen LogP contribution in [0.25, 0.3) is 0 Å². The topological polar surface area (TPSA) is 84.5 Å². The molecule has 7 heteroatoms. The summed E-state index contributed by atoms with van der Waals surface area (Å²) in [5.41, 5.74) is -0.874. The number of hydrogen-bond donors (Lipinski definition) is 1. The van der Waals surface area contributed by atoms with Gasteiger partial charge in [0.1, 0.15) is 5.69 Å². The number of carbonyl (C=O) groups is 1. The van der Waals surface area contributed by atoms with Gasteiger partial charge in [0.25, 0.3) is 11.5 Å². The van der Waals surface area contributed by atoms with E-state index in [-0.39, 0.29) is 23.6 Å². The van der Waals surface area contributed by atoms with Crippen LogP contribution in [0.15, 0.2) is 15.7 Å².